The third-order valence-corrected chi connectivity index (χ3v) is 5.02. The van der Waals surface area contributed by atoms with Crippen LogP contribution < -0.4 is 5.32 Å². The summed E-state index contributed by atoms with van der Waals surface area (Å²) in [7, 11) is 0. The van der Waals surface area contributed by atoms with Crippen LogP contribution >= 0.6 is 0 Å². The van der Waals surface area contributed by atoms with Crippen molar-refractivity contribution in [1.29, 1.82) is 0 Å². The Kier molecular flexibility index (Phi) is 18.9. The number of carbonyl (C=O) groups excluding carboxylic acids is 2. The first-order valence-electron chi connectivity index (χ1n) is 11.5. The van der Waals surface area contributed by atoms with Gasteiger partial charge in [0.15, 0.2) is 0 Å². The standard InChI is InChI=1S/C23H45NO3/c1-4-5-6-7-8-9-10-11-12-13-14-15-16-17-18-19-20-27-23(26)21(2)24-22(3)25/h21H,4-20H2,1-3H3,(H,24,25)/t21-/m0/s1. The zero-order chi connectivity index (χ0) is 20.2. The van der Waals surface area contributed by atoms with E-state index >= 15 is 0 Å². The largest absolute Gasteiger partial charge is 0.464 e. The maximum atomic E-state index is 11.6. The van der Waals surface area contributed by atoms with E-state index in [4.69, 9.17) is 4.74 Å². The summed E-state index contributed by atoms with van der Waals surface area (Å²) in [6.45, 7) is 5.79. The van der Waals surface area contributed by atoms with Crippen LogP contribution in [0.3, 0.4) is 0 Å². The molecule has 0 spiro atoms. The number of ether oxygens (including phenoxy) is 1. The van der Waals surface area contributed by atoms with E-state index in [0.717, 1.165) is 12.8 Å². The van der Waals surface area contributed by atoms with Crippen LogP contribution in [0.1, 0.15) is 124 Å². The van der Waals surface area contributed by atoms with E-state index in [-0.39, 0.29) is 11.9 Å². The summed E-state index contributed by atoms with van der Waals surface area (Å²) in [6, 6.07) is -0.552. The van der Waals surface area contributed by atoms with Gasteiger partial charge in [-0.2, -0.15) is 0 Å². The minimum absolute atomic E-state index is 0.207. The highest BCUT2D eigenvalue weighted by molar-refractivity contribution is 5.82. The van der Waals surface area contributed by atoms with E-state index in [2.05, 4.69) is 12.2 Å². The molecule has 0 aromatic carbocycles. The summed E-state index contributed by atoms with van der Waals surface area (Å²) >= 11 is 0. The van der Waals surface area contributed by atoms with Gasteiger partial charge in [-0.25, -0.2) is 4.79 Å². The molecule has 0 aromatic rings. The minimum Gasteiger partial charge on any atom is -0.464 e. The van der Waals surface area contributed by atoms with Crippen LogP contribution in [-0.2, 0) is 14.3 Å². The number of hydrogen-bond donors (Lipinski definition) is 1. The Balaban J connectivity index is 3.19. The molecule has 4 nitrogen and oxygen atoms in total. The normalized spacial score (nSPS) is 12.0. The van der Waals surface area contributed by atoms with Crippen LogP contribution in [0, 0.1) is 0 Å². The summed E-state index contributed by atoms with van der Waals surface area (Å²) in [5, 5.41) is 2.54. The zero-order valence-corrected chi connectivity index (χ0v) is 18.3. The van der Waals surface area contributed by atoms with E-state index in [1.54, 1.807) is 6.92 Å². The maximum absolute atomic E-state index is 11.6. The molecule has 1 amide bonds. The van der Waals surface area contributed by atoms with Crippen LogP contribution in [-0.4, -0.2) is 24.5 Å². The molecule has 160 valence electrons. The maximum Gasteiger partial charge on any atom is 0.328 e. The van der Waals surface area contributed by atoms with E-state index in [1.165, 1.54) is 96.8 Å². The fraction of sp³-hybridized carbons (Fsp3) is 0.913. The molecule has 0 aliphatic heterocycles. The average molecular weight is 384 g/mol. The molecule has 0 aliphatic carbocycles. The number of amides is 1. The van der Waals surface area contributed by atoms with Crippen LogP contribution in [0.15, 0.2) is 0 Å². The second kappa shape index (κ2) is 19.7. The van der Waals surface area contributed by atoms with Gasteiger partial charge < -0.3 is 10.1 Å². The van der Waals surface area contributed by atoms with Gasteiger partial charge in [0, 0.05) is 6.92 Å². The Bertz CT molecular complexity index is 358. The van der Waals surface area contributed by atoms with Gasteiger partial charge in [0.05, 0.1) is 6.61 Å². The lowest BCUT2D eigenvalue weighted by molar-refractivity contribution is -0.147. The van der Waals surface area contributed by atoms with Crippen LogP contribution in [0.2, 0.25) is 0 Å². The van der Waals surface area contributed by atoms with Gasteiger partial charge in [0.2, 0.25) is 5.91 Å². The van der Waals surface area contributed by atoms with Crippen molar-refractivity contribution in [3.8, 4) is 0 Å². The summed E-state index contributed by atoms with van der Waals surface area (Å²) in [5.41, 5.74) is 0. The predicted octanol–water partition coefficient (Wildman–Crippen LogP) is 6.32. The summed E-state index contributed by atoms with van der Waals surface area (Å²) in [5.74, 6) is -0.548. The molecule has 0 unspecified atom stereocenters. The van der Waals surface area contributed by atoms with Gasteiger partial charge in [0.1, 0.15) is 6.04 Å². The van der Waals surface area contributed by atoms with Crippen LogP contribution in [0.5, 0.6) is 0 Å². The summed E-state index contributed by atoms with van der Waals surface area (Å²) in [4.78, 5) is 22.5. The number of carbonyl (C=O) groups is 2. The van der Waals surface area contributed by atoms with E-state index in [0.29, 0.717) is 6.61 Å². The molecular formula is C23H45NO3. The van der Waals surface area contributed by atoms with Crippen molar-refractivity contribution in [2.45, 2.75) is 130 Å². The minimum atomic E-state index is -0.552. The van der Waals surface area contributed by atoms with Crippen molar-refractivity contribution in [3.63, 3.8) is 0 Å². The van der Waals surface area contributed by atoms with Crippen LogP contribution in [0.25, 0.3) is 0 Å². The van der Waals surface area contributed by atoms with Gasteiger partial charge in [0.25, 0.3) is 0 Å². The van der Waals surface area contributed by atoms with Gasteiger partial charge in [-0.3, -0.25) is 4.79 Å². The quantitative estimate of drug-likeness (QED) is 0.210. The fourth-order valence-corrected chi connectivity index (χ4v) is 3.31. The molecule has 0 bridgehead atoms. The molecule has 0 aliphatic rings. The Hall–Kier alpha value is -1.06. The predicted molar refractivity (Wildman–Crippen MR) is 114 cm³/mol. The molecule has 0 fully saturated rings. The Morgan fingerprint density at radius 1 is 0.704 bits per heavy atom. The Labute approximate surface area is 168 Å². The van der Waals surface area contributed by atoms with Crippen molar-refractivity contribution in [2.24, 2.45) is 0 Å². The van der Waals surface area contributed by atoms with Crippen molar-refractivity contribution >= 4 is 11.9 Å². The summed E-state index contributed by atoms with van der Waals surface area (Å²) < 4.78 is 5.17. The summed E-state index contributed by atoms with van der Waals surface area (Å²) in [6.07, 6.45) is 21.3. The van der Waals surface area contributed by atoms with Gasteiger partial charge >= 0.3 is 5.97 Å². The highest BCUT2D eigenvalue weighted by atomic mass is 16.5. The van der Waals surface area contributed by atoms with Gasteiger partial charge in [-0.1, -0.05) is 103 Å². The number of unbranched alkanes of at least 4 members (excludes halogenated alkanes) is 15. The zero-order valence-electron chi connectivity index (χ0n) is 18.3. The molecule has 1 atom stereocenters. The molecular weight excluding hydrogens is 338 g/mol. The van der Waals surface area contributed by atoms with E-state index in [9.17, 15) is 9.59 Å². The molecule has 4 heteroatoms. The molecule has 0 saturated carbocycles. The Morgan fingerprint density at radius 3 is 1.44 bits per heavy atom. The topological polar surface area (TPSA) is 55.4 Å². The lowest BCUT2D eigenvalue weighted by Gasteiger charge is -2.11. The number of esters is 1. The number of rotatable bonds is 19. The molecule has 0 rings (SSSR count). The number of hydrogen-bond acceptors (Lipinski definition) is 3. The molecule has 0 radical (unpaired) electrons. The average Bonchev–Trinajstić information content (AvgIpc) is 2.63. The first-order valence-corrected chi connectivity index (χ1v) is 11.5. The van der Waals surface area contributed by atoms with E-state index < -0.39 is 6.04 Å². The SMILES string of the molecule is CCCCCCCCCCCCCCCCCCOC(=O)[C@H](C)NC(C)=O. The molecule has 0 aromatic heterocycles. The van der Waals surface area contributed by atoms with Gasteiger partial charge in [-0.15, -0.1) is 0 Å². The van der Waals surface area contributed by atoms with Crippen molar-refractivity contribution in [1.82, 2.24) is 5.32 Å². The smallest absolute Gasteiger partial charge is 0.328 e. The lowest BCUT2D eigenvalue weighted by atomic mass is 10.0. The highest BCUT2D eigenvalue weighted by Gasteiger charge is 2.14. The van der Waals surface area contributed by atoms with Gasteiger partial charge in [-0.05, 0) is 13.3 Å². The third-order valence-electron chi connectivity index (χ3n) is 5.02. The van der Waals surface area contributed by atoms with Crippen molar-refractivity contribution in [2.75, 3.05) is 6.61 Å². The first kappa shape index (κ1) is 25.9. The first-order chi connectivity index (χ1) is 13.1. The number of nitrogens with one attached hydrogen (secondary N) is 1. The monoisotopic (exact) mass is 383 g/mol. The van der Waals surface area contributed by atoms with Crippen molar-refractivity contribution in [3.05, 3.63) is 0 Å². The Morgan fingerprint density at radius 2 is 1.07 bits per heavy atom. The third kappa shape index (κ3) is 19.5. The van der Waals surface area contributed by atoms with Crippen LogP contribution in [0.4, 0.5) is 0 Å². The second-order valence-electron chi connectivity index (χ2n) is 7.89. The highest BCUT2D eigenvalue weighted by Crippen LogP contribution is 2.13. The molecule has 27 heavy (non-hydrogen) atoms. The molecule has 0 heterocycles. The van der Waals surface area contributed by atoms with E-state index in [1.807, 2.05) is 0 Å². The lowest BCUT2D eigenvalue weighted by Crippen LogP contribution is -2.38. The van der Waals surface area contributed by atoms with Crippen molar-refractivity contribution < 1.29 is 14.3 Å². The molecule has 1 N–H and O–H groups in total. The fourth-order valence-electron chi connectivity index (χ4n) is 3.31. The molecule has 0 saturated heterocycles. The second-order valence-corrected chi connectivity index (χ2v) is 7.89.